The summed E-state index contributed by atoms with van der Waals surface area (Å²) in [7, 11) is 0. The molecule has 0 saturated carbocycles. The van der Waals surface area contributed by atoms with Crippen LogP contribution in [0.25, 0.3) is 10.6 Å². The van der Waals surface area contributed by atoms with Gasteiger partial charge in [-0.05, 0) is 38.5 Å². The average molecular weight is 382 g/mol. The predicted molar refractivity (Wildman–Crippen MR) is 105 cm³/mol. The average Bonchev–Trinajstić information content (AvgIpc) is 3.01. The van der Waals surface area contributed by atoms with Crippen molar-refractivity contribution < 1.29 is 13.9 Å². The Hall–Kier alpha value is -2.73. The second-order valence-corrected chi connectivity index (χ2v) is 7.67. The zero-order chi connectivity index (χ0) is 19.1. The smallest absolute Gasteiger partial charge is 0.270 e. The molecule has 0 aliphatic carbocycles. The molecule has 0 N–H and O–H groups in total. The minimum atomic E-state index is -0.380. The molecule has 2 heterocycles. The van der Waals surface area contributed by atoms with Crippen LogP contribution in [0.5, 0.6) is 5.75 Å². The Morgan fingerprint density at radius 3 is 2.78 bits per heavy atom. The third-order valence-electron chi connectivity index (χ3n) is 4.63. The summed E-state index contributed by atoms with van der Waals surface area (Å²) in [4.78, 5) is 20.1. The number of halogens is 1. The highest BCUT2D eigenvalue weighted by molar-refractivity contribution is 7.17. The maximum absolute atomic E-state index is 13.5. The molecule has 1 aliphatic rings. The number of hydrogen-bond donors (Lipinski definition) is 0. The van der Waals surface area contributed by atoms with Crippen molar-refractivity contribution in [3.8, 4) is 16.3 Å². The molecule has 2 aromatic carbocycles. The first-order valence-corrected chi connectivity index (χ1v) is 9.55. The number of hydrogen-bond acceptors (Lipinski definition) is 4. The minimum Gasteiger partial charge on any atom is -0.489 e. The summed E-state index contributed by atoms with van der Waals surface area (Å²) in [6, 6.07) is 10.4. The third-order valence-corrected chi connectivity index (χ3v) is 5.81. The quantitative estimate of drug-likeness (QED) is 0.632. The van der Waals surface area contributed by atoms with Crippen LogP contribution in [0, 0.1) is 26.6 Å². The van der Waals surface area contributed by atoms with Crippen LogP contribution in [0.3, 0.4) is 0 Å². The molecule has 138 valence electrons. The molecule has 1 aliphatic heterocycles. The molecule has 4 rings (SSSR count). The largest absolute Gasteiger partial charge is 0.489 e. The Kier molecular flexibility index (Phi) is 4.44. The van der Waals surface area contributed by atoms with Crippen molar-refractivity contribution in [3.05, 3.63) is 63.9 Å². The van der Waals surface area contributed by atoms with Crippen LogP contribution >= 0.6 is 11.3 Å². The number of anilines is 1. The van der Waals surface area contributed by atoms with Crippen molar-refractivity contribution in [3.63, 3.8) is 0 Å². The van der Waals surface area contributed by atoms with Crippen LogP contribution < -0.4 is 9.64 Å². The Morgan fingerprint density at radius 1 is 1.19 bits per heavy atom. The number of fused-ring (bicyclic) bond motifs is 1. The van der Waals surface area contributed by atoms with E-state index in [1.165, 1.54) is 29.0 Å². The fourth-order valence-corrected chi connectivity index (χ4v) is 4.40. The second-order valence-electron chi connectivity index (χ2n) is 6.67. The van der Waals surface area contributed by atoms with Gasteiger partial charge in [-0.3, -0.25) is 4.79 Å². The number of amides is 1. The summed E-state index contributed by atoms with van der Waals surface area (Å²) >= 11 is 1.39. The number of rotatable bonds is 2. The highest BCUT2D eigenvalue weighted by Crippen LogP contribution is 2.36. The zero-order valence-electron chi connectivity index (χ0n) is 15.4. The van der Waals surface area contributed by atoms with Gasteiger partial charge in [0.05, 0.1) is 17.9 Å². The summed E-state index contributed by atoms with van der Waals surface area (Å²) in [5.74, 6) is -0.113. The molecule has 27 heavy (non-hydrogen) atoms. The van der Waals surface area contributed by atoms with E-state index in [1.54, 1.807) is 11.0 Å². The summed E-state index contributed by atoms with van der Waals surface area (Å²) in [5.41, 5.74) is 4.66. The van der Waals surface area contributed by atoms with Crippen LogP contribution in [-0.4, -0.2) is 24.0 Å². The van der Waals surface area contributed by atoms with E-state index < -0.39 is 0 Å². The number of thiazole rings is 1. The van der Waals surface area contributed by atoms with Gasteiger partial charge in [-0.15, -0.1) is 11.3 Å². The second kappa shape index (κ2) is 6.78. The van der Waals surface area contributed by atoms with Gasteiger partial charge in [-0.1, -0.05) is 23.8 Å². The van der Waals surface area contributed by atoms with Gasteiger partial charge >= 0.3 is 0 Å². The highest BCUT2D eigenvalue weighted by Gasteiger charge is 2.28. The van der Waals surface area contributed by atoms with Crippen LogP contribution in [-0.2, 0) is 0 Å². The standard InChI is InChI=1S/C21H19FN2O2S/c1-12-4-6-16(13(2)10-12)20-23-14(3)19(27-20)21(25)24-8-9-26-18-11-15(22)5-7-17(18)24/h4-7,10-11H,8-9H2,1-3H3. The fraction of sp³-hybridized carbons (Fsp3) is 0.238. The number of carbonyl (C=O) groups excluding carboxylic acids is 1. The Morgan fingerprint density at radius 2 is 2.00 bits per heavy atom. The summed E-state index contributed by atoms with van der Waals surface area (Å²) in [5, 5.41) is 0.834. The molecule has 0 fully saturated rings. The Bertz CT molecular complexity index is 1040. The molecular weight excluding hydrogens is 363 g/mol. The van der Waals surface area contributed by atoms with E-state index in [-0.39, 0.29) is 11.7 Å². The Balaban J connectivity index is 1.71. The number of carbonyl (C=O) groups is 1. The molecule has 1 aromatic heterocycles. The van der Waals surface area contributed by atoms with Gasteiger partial charge in [0, 0.05) is 11.6 Å². The number of nitrogens with zero attached hydrogens (tertiary/aromatic N) is 2. The van der Waals surface area contributed by atoms with Gasteiger partial charge in [0.15, 0.2) is 0 Å². The first-order valence-electron chi connectivity index (χ1n) is 8.73. The third kappa shape index (κ3) is 3.21. The van der Waals surface area contributed by atoms with Crippen molar-refractivity contribution in [1.82, 2.24) is 4.98 Å². The maximum atomic E-state index is 13.5. The monoisotopic (exact) mass is 382 g/mol. The lowest BCUT2D eigenvalue weighted by Gasteiger charge is -2.29. The lowest BCUT2D eigenvalue weighted by atomic mass is 10.1. The molecule has 0 saturated heterocycles. The van der Waals surface area contributed by atoms with E-state index in [0.29, 0.717) is 35.2 Å². The van der Waals surface area contributed by atoms with Crippen LogP contribution in [0.15, 0.2) is 36.4 Å². The normalized spacial score (nSPS) is 13.3. The highest BCUT2D eigenvalue weighted by atomic mass is 32.1. The predicted octanol–water partition coefficient (Wildman–Crippen LogP) is 4.91. The van der Waals surface area contributed by atoms with Crippen molar-refractivity contribution >= 4 is 22.9 Å². The molecule has 3 aromatic rings. The van der Waals surface area contributed by atoms with E-state index in [1.807, 2.05) is 26.0 Å². The SMILES string of the molecule is Cc1ccc(-c2nc(C)c(C(=O)N3CCOc4cc(F)ccc43)s2)c(C)c1. The molecule has 0 bridgehead atoms. The van der Waals surface area contributed by atoms with Crippen LogP contribution in [0.4, 0.5) is 10.1 Å². The van der Waals surface area contributed by atoms with E-state index in [0.717, 1.165) is 16.1 Å². The Labute approximate surface area is 161 Å². The van der Waals surface area contributed by atoms with Crippen molar-refractivity contribution in [2.45, 2.75) is 20.8 Å². The number of aromatic nitrogens is 1. The molecule has 0 unspecified atom stereocenters. The molecule has 0 spiro atoms. The topological polar surface area (TPSA) is 42.4 Å². The van der Waals surface area contributed by atoms with Crippen LogP contribution in [0.2, 0.25) is 0 Å². The van der Waals surface area contributed by atoms with Gasteiger partial charge < -0.3 is 9.64 Å². The fourth-order valence-electron chi connectivity index (χ4n) is 3.29. The minimum absolute atomic E-state index is 0.128. The van der Waals surface area contributed by atoms with E-state index in [9.17, 15) is 9.18 Å². The molecule has 6 heteroatoms. The van der Waals surface area contributed by atoms with Gasteiger partial charge in [-0.2, -0.15) is 0 Å². The molecule has 4 nitrogen and oxygen atoms in total. The van der Waals surface area contributed by atoms with Gasteiger partial charge in [0.1, 0.15) is 28.1 Å². The summed E-state index contributed by atoms with van der Waals surface area (Å²) in [6.45, 7) is 6.71. The van der Waals surface area contributed by atoms with Crippen molar-refractivity contribution in [2.24, 2.45) is 0 Å². The summed E-state index contributed by atoms with van der Waals surface area (Å²) < 4.78 is 19.0. The van der Waals surface area contributed by atoms with Gasteiger partial charge in [-0.25, -0.2) is 9.37 Å². The van der Waals surface area contributed by atoms with Crippen molar-refractivity contribution in [1.29, 1.82) is 0 Å². The first kappa shape index (κ1) is 17.7. The number of aryl methyl sites for hydroxylation is 3. The van der Waals surface area contributed by atoms with Gasteiger partial charge in [0.25, 0.3) is 5.91 Å². The van der Waals surface area contributed by atoms with E-state index >= 15 is 0 Å². The molecular formula is C21H19FN2O2S. The zero-order valence-corrected chi connectivity index (χ0v) is 16.2. The number of benzene rings is 2. The van der Waals surface area contributed by atoms with Gasteiger partial charge in [0.2, 0.25) is 0 Å². The maximum Gasteiger partial charge on any atom is 0.270 e. The molecule has 1 amide bonds. The summed E-state index contributed by atoms with van der Waals surface area (Å²) in [6.07, 6.45) is 0. The van der Waals surface area contributed by atoms with E-state index in [2.05, 4.69) is 18.0 Å². The molecule has 0 radical (unpaired) electrons. The first-order chi connectivity index (χ1) is 12.9. The molecule has 0 atom stereocenters. The van der Waals surface area contributed by atoms with E-state index in [4.69, 9.17) is 4.74 Å². The number of ether oxygens (including phenoxy) is 1. The van der Waals surface area contributed by atoms with Crippen molar-refractivity contribution in [2.75, 3.05) is 18.1 Å². The lowest BCUT2D eigenvalue weighted by molar-refractivity contribution is 0.0979. The van der Waals surface area contributed by atoms with Crippen LogP contribution in [0.1, 0.15) is 26.5 Å². The lowest BCUT2D eigenvalue weighted by Crippen LogP contribution is -2.37.